The number of nitrogens with one attached hydrogen (secondary N) is 1. The van der Waals surface area contributed by atoms with Crippen LogP contribution in [0, 0.1) is 5.92 Å². The zero-order valence-electron chi connectivity index (χ0n) is 24.0. The molecule has 6 amide bonds. The normalized spacial score (nSPS) is 21.5. The molecule has 0 radical (unpaired) electrons. The second kappa shape index (κ2) is 13.1. The van der Waals surface area contributed by atoms with Crippen molar-refractivity contribution >= 4 is 30.0 Å². The Balaban J connectivity index is 1.66. The lowest BCUT2D eigenvalue weighted by Crippen LogP contribution is -2.72. The number of hydrogen-bond acceptors (Lipinski definition) is 9. The minimum atomic E-state index is -0.933. The smallest absolute Gasteiger partial charge is 0.410 e. The van der Waals surface area contributed by atoms with E-state index in [0.717, 1.165) is 4.90 Å². The van der Waals surface area contributed by atoms with Crippen LogP contribution in [0.2, 0.25) is 0 Å². The number of likely N-dealkylation sites (tertiary alicyclic amines) is 1. The Morgan fingerprint density at radius 3 is 1.98 bits per heavy atom. The van der Waals surface area contributed by atoms with Gasteiger partial charge in [0.05, 0.1) is 18.3 Å². The minimum Gasteiger partial charge on any atom is -0.450 e. The second-order valence-corrected chi connectivity index (χ2v) is 11.1. The monoisotopic (exact) mass is 565 g/mol. The van der Waals surface area contributed by atoms with Crippen LogP contribution in [0.4, 0.5) is 14.4 Å². The first-order valence-corrected chi connectivity index (χ1v) is 13.8. The molecule has 40 heavy (non-hydrogen) atoms. The van der Waals surface area contributed by atoms with Crippen molar-refractivity contribution in [2.45, 2.75) is 52.2 Å². The summed E-state index contributed by atoms with van der Waals surface area (Å²) in [4.78, 5) is 72.0. The summed E-state index contributed by atoms with van der Waals surface area (Å²) < 4.78 is 10.5. The van der Waals surface area contributed by atoms with Gasteiger partial charge in [-0.3, -0.25) is 14.5 Å². The average Bonchev–Trinajstić information content (AvgIpc) is 2.90. The Morgan fingerprint density at radius 1 is 0.925 bits per heavy atom. The van der Waals surface area contributed by atoms with Gasteiger partial charge in [-0.2, -0.15) is 0 Å². The highest BCUT2D eigenvalue weighted by Gasteiger charge is 2.56. The molecule has 3 heterocycles. The maximum Gasteiger partial charge on any atom is 0.410 e. The molecule has 2 atom stereocenters. The molecule has 0 aliphatic carbocycles. The number of carbonyl (C=O) groups is 5. The molecule has 3 aliphatic heterocycles. The van der Waals surface area contributed by atoms with Gasteiger partial charge in [0.2, 0.25) is 11.8 Å². The van der Waals surface area contributed by atoms with Crippen LogP contribution >= 0.6 is 0 Å². The summed E-state index contributed by atoms with van der Waals surface area (Å²) in [5.41, 5.74) is 4.92. The molecular formula is C26H43N7O7. The largest absolute Gasteiger partial charge is 0.450 e. The topological polar surface area (TPSA) is 158 Å². The molecule has 0 saturated carbocycles. The molecule has 0 aromatic rings. The lowest BCUT2D eigenvalue weighted by atomic mass is 9.82. The Bertz CT molecular complexity index is 982. The van der Waals surface area contributed by atoms with Crippen molar-refractivity contribution in [1.82, 2.24) is 29.8 Å². The fourth-order valence-corrected chi connectivity index (χ4v) is 4.97. The molecule has 3 N–H and O–H groups in total. The molecule has 3 aliphatic rings. The predicted octanol–water partition coefficient (Wildman–Crippen LogP) is 0.587. The molecule has 3 saturated heterocycles. The van der Waals surface area contributed by atoms with E-state index < -0.39 is 41.7 Å². The fraction of sp³-hybridized carbons (Fsp3) is 0.731. The maximum absolute atomic E-state index is 13.7. The Labute approximate surface area is 235 Å². The van der Waals surface area contributed by atoms with Crippen LogP contribution in [0.15, 0.2) is 12.4 Å². The number of hydrogen-bond donors (Lipinski definition) is 2. The van der Waals surface area contributed by atoms with Crippen molar-refractivity contribution in [2.75, 3.05) is 65.5 Å². The first kappa shape index (κ1) is 30.8. The molecule has 3 rings (SSSR count). The molecule has 14 nitrogen and oxygen atoms in total. The van der Waals surface area contributed by atoms with Gasteiger partial charge >= 0.3 is 18.2 Å². The average molecular weight is 566 g/mol. The van der Waals surface area contributed by atoms with Crippen molar-refractivity contribution in [3.05, 3.63) is 12.4 Å². The van der Waals surface area contributed by atoms with E-state index in [4.69, 9.17) is 15.2 Å². The van der Waals surface area contributed by atoms with E-state index in [1.54, 1.807) is 37.5 Å². The molecule has 1 unspecified atom stereocenters. The van der Waals surface area contributed by atoms with Gasteiger partial charge in [0.25, 0.3) is 0 Å². The van der Waals surface area contributed by atoms with Gasteiger partial charge < -0.3 is 40.1 Å². The highest BCUT2D eigenvalue weighted by molar-refractivity contribution is 6.09. The van der Waals surface area contributed by atoms with Crippen LogP contribution in [0.1, 0.15) is 40.5 Å². The standard InChI is InChI=1S/C26H43N7O7/c1-6-39-24(37)31-16-12-30(13-17-31)23(36)33-20(19(21(33)34)8-7-9-28-18(2)27)22(35)29-10-14-32(15-11-29)25(38)40-26(3,4)5/h19-20,28H,2,6-17,27H2,1,3-5H3/t19-,20?/m1/s1. The van der Waals surface area contributed by atoms with Crippen LogP contribution in [0.3, 0.4) is 0 Å². The number of amides is 6. The molecule has 0 bridgehead atoms. The number of β-lactam (4-membered cyclic amide) rings is 1. The van der Waals surface area contributed by atoms with E-state index in [1.165, 1.54) is 9.80 Å². The number of carbonyl (C=O) groups excluding carboxylic acids is 5. The molecule has 14 heteroatoms. The van der Waals surface area contributed by atoms with Crippen molar-refractivity contribution < 1.29 is 33.4 Å². The summed E-state index contributed by atoms with van der Waals surface area (Å²) in [5.74, 6) is -1.04. The number of imide groups is 1. The first-order chi connectivity index (χ1) is 18.8. The molecular weight excluding hydrogens is 522 g/mol. The Kier molecular flexibility index (Phi) is 10.1. The van der Waals surface area contributed by atoms with Crippen LogP contribution in [-0.2, 0) is 19.1 Å². The van der Waals surface area contributed by atoms with Crippen molar-refractivity contribution in [2.24, 2.45) is 11.7 Å². The van der Waals surface area contributed by atoms with Gasteiger partial charge in [-0.05, 0) is 40.5 Å². The number of rotatable bonds is 7. The van der Waals surface area contributed by atoms with Gasteiger partial charge in [0.15, 0.2) is 0 Å². The maximum atomic E-state index is 13.7. The van der Waals surface area contributed by atoms with Crippen LogP contribution in [0.25, 0.3) is 0 Å². The van der Waals surface area contributed by atoms with Gasteiger partial charge in [-0.1, -0.05) is 6.58 Å². The molecule has 224 valence electrons. The lowest BCUT2D eigenvalue weighted by Gasteiger charge is -2.49. The Morgan fingerprint density at radius 2 is 1.45 bits per heavy atom. The first-order valence-electron chi connectivity index (χ1n) is 13.8. The van der Waals surface area contributed by atoms with Gasteiger partial charge in [-0.15, -0.1) is 0 Å². The highest BCUT2D eigenvalue weighted by Crippen LogP contribution is 2.34. The summed E-state index contributed by atoms with van der Waals surface area (Å²) >= 11 is 0. The summed E-state index contributed by atoms with van der Waals surface area (Å²) in [7, 11) is 0. The van der Waals surface area contributed by atoms with Crippen LogP contribution < -0.4 is 11.1 Å². The summed E-state index contributed by atoms with van der Waals surface area (Å²) in [5, 5.41) is 2.91. The number of urea groups is 1. The number of nitrogens with zero attached hydrogens (tertiary/aromatic N) is 5. The predicted molar refractivity (Wildman–Crippen MR) is 145 cm³/mol. The van der Waals surface area contributed by atoms with Gasteiger partial charge in [0, 0.05) is 58.9 Å². The van der Waals surface area contributed by atoms with Crippen molar-refractivity contribution in [3.8, 4) is 0 Å². The van der Waals surface area contributed by atoms with E-state index in [0.29, 0.717) is 25.2 Å². The summed E-state index contributed by atoms with van der Waals surface area (Å²) in [6.07, 6.45) is 0.0720. The van der Waals surface area contributed by atoms with Crippen LogP contribution in [0.5, 0.6) is 0 Å². The minimum absolute atomic E-state index is 0.226. The summed E-state index contributed by atoms with van der Waals surface area (Å²) in [6, 6.07) is -1.47. The lowest BCUT2D eigenvalue weighted by molar-refractivity contribution is -0.164. The molecule has 0 aromatic carbocycles. The van der Waals surface area contributed by atoms with Crippen molar-refractivity contribution in [1.29, 1.82) is 0 Å². The van der Waals surface area contributed by atoms with E-state index in [9.17, 15) is 24.0 Å². The third kappa shape index (κ3) is 7.48. The van der Waals surface area contributed by atoms with E-state index in [2.05, 4.69) is 11.9 Å². The van der Waals surface area contributed by atoms with Crippen molar-refractivity contribution in [3.63, 3.8) is 0 Å². The Hall–Kier alpha value is -3.71. The van der Waals surface area contributed by atoms with Crippen LogP contribution in [-0.4, -0.2) is 132 Å². The summed E-state index contributed by atoms with van der Waals surface area (Å²) in [6.45, 7) is 13.5. The second-order valence-electron chi connectivity index (χ2n) is 11.1. The van der Waals surface area contributed by atoms with Gasteiger partial charge in [-0.25, -0.2) is 14.4 Å². The number of nitrogens with two attached hydrogens (primary N) is 1. The zero-order valence-corrected chi connectivity index (χ0v) is 24.0. The van der Waals surface area contributed by atoms with E-state index in [1.807, 2.05) is 0 Å². The molecule has 0 aromatic heterocycles. The van der Waals surface area contributed by atoms with E-state index >= 15 is 0 Å². The highest BCUT2D eigenvalue weighted by atomic mass is 16.6. The quantitative estimate of drug-likeness (QED) is 0.333. The van der Waals surface area contributed by atoms with E-state index in [-0.39, 0.29) is 64.9 Å². The molecule has 0 spiro atoms. The SMILES string of the molecule is C=C(N)NCCC[C@H]1C(=O)N(C(=O)N2CCN(C(=O)OCC)CC2)C1C(=O)N1CCN(C(=O)OC(C)(C)C)CC1. The third-order valence-corrected chi connectivity index (χ3v) is 7.04. The number of piperazine rings is 2. The zero-order chi connectivity index (χ0) is 29.6. The van der Waals surface area contributed by atoms with Gasteiger partial charge in [0.1, 0.15) is 11.6 Å². The fourth-order valence-electron chi connectivity index (χ4n) is 4.97. The number of ether oxygens (including phenoxy) is 2. The molecule has 3 fully saturated rings. The third-order valence-electron chi connectivity index (χ3n) is 7.04.